The standard InChI is InChI=1S/C3H4O2.C2H4O2.Mg/c1-2-3(4)5;1-2(3)4;/h2H,1H2,(H,4,5);1H3,(H,3,4);/q;;+2/p-2. The molecule has 0 aromatic carbocycles. The van der Waals surface area contributed by atoms with Crippen LogP contribution < -0.4 is 10.2 Å². The van der Waals surface area contributed by atoms with Crippen molar-refractivity contribution in [3.63, 3.8) is 0 Å². The van der Waals surface area contributed by atoms with Crippen molar-refractivity contribution in [3.8, 4) is 0 Å². The Labute approximate surface area is 74.7 Å². The first-order chi connectivity index (χ1) is 4.00. The van der Waals surface area contributed by atoms with Gasteiger partial charge >= 0.3 is 23.1 Å². The fourth-order valence-electron chi connectivity index (χ4n) is 0. The number of rotatable bonds is 1. The van der Waals surface area contributed by atoms with Crippen LogP contribution in [0.2, 0.25) is 0 Å². The van der Waals surface area contributed by atoms with Crippen molar-refractivity contribution >= 4 is 35.0 Å². The maximum Gasteiger partial charge on any atom is 2.00 e. The summed E-state index contributed by atoms with van der Waals surface area (Å²) in [6.45, 7) is 3.87. The third-order valence-corrected chi connectivity index (χ3v) is 0.167. The van der Waals surface area contributed by atoms with Crippen LogP contribution >= 0.6 is 0 Å². The number of carboxylic acids is 2. The third-order valence-electron chi connectivity index (χ3n) is 0.167. The van der Waals surface area contributed by atoms with Crippen molar-refractivity contribution in [2.75, 3.05) is 0 Å². The molecule has 10 heavy (non-hydrogen) atoms. The van der Waals surface area contributed by atoms with Gasteiger partial charge in [0.25, 0.3) is 0 Å². The molecule has 0 aliphatic rings. The summed E-state index contributed by atoms with van der Waals surface area (Å²) in [5, 5.41) is 18.0. The Kier molecular flexibility index (Phi) is 18.3. The summed E-state index contributed by atoms with van der Waals surface area (Å²) in [5.74, 6) is -2.31. The number of hydrogen-bond donors (Lipinski definition) is 0. The van der Waals surface area contributed by atoms with Crippen molar-refractivity contribution in [1.29, 1.82) is 0 Å². The van der Waals surface area contributed by atoms with Gasteiger partial charge in [-0.15, -0.1) is 0 Å². The first-order valence-corrected chi connectivity index (χ1v) is 2.01. The Morgan fingerprint density at radius 3 is 1.50 bits per heavy atom. The van der Waals surface area contributed by atoms with Gasteiger partial charge in [-0.25, -0.2) is 0 Å². The van der Waals surface area contributed by atoms with Crippen molar-refractivity contribution in [1.82, 2.24) is 0 Å². The van der Waals surface area contributed by atoms with Crippen LogP contribution in [0, 0.1) is 0 Å². The summed E-state index contributed by atoms with van der Waals surface area (Å²) < 4.78 is 0. The molecule has 5 heteroatoms. The van der Waals surface area contributed by atoms with Gasteiger partial charge < -0.3 is 19.8 Å². The summed E-state index contributed by atoms with van der Waals surface area (Å²) >= 11 is 0. The van der Waals surface area contributed by atoms with E-state index in [0.29, 0.717) is 0 Å². The number of hydrogen-bond acceptors (Lipinski definition) is 4. The number of aliphatic carboxylic acids is 2. The molecule has 0 spiro atoms. The van der Waals surface area contributed by atoms with Gasteiger partial charge in [0.15, 0.2) is 0 Å². The summed E-state index contributed by atoms with van der Waals surface area (Å²) in [4.78, 5) is 18.0. The van der Waals surface area contributed by atoms with Crippen LogP contribution in [0.3, 0.4) is 0 Å². The van der Waals surface area contributed by atoms with E-state index in [2.05, 4.69) is 6.58 Å². The molecule has 0 saturated heterocycles. The molecule has 0 rings (SSSR count). The van der Waals surface area contributed by atoms with E-state index in [1.807, 2.05) is 0 Å². The van der Waals surface area contributed by atoms with Gasteiger partial charge in [-0.2, -0.15) is 0 Å². The van der Waals surface area contributed by atoms with E-state index >= 15 is 0 Å². The molecule has 0 saturated carbocycles. The molecule has 0 bridgehead atoms. The van der Waals surface area contributed by atoms with Crippen LogP contribution in [0.5, 0.6) is 0 Å². The molecule has 0 atom stereocenters. The molecule has 0 amide bonds. The molecular weight excluding hydrogens is 148 g/mol. The van der Waals surface area contributed by atoms with Gasteiger partial charge in [-0.1, -0.05) is 6.58 Å². The minimum atomic E-state index is -1.23. The van der Waals surface area contributed by atoms with Crippen molar-refractivity contribution in [2.24, 2.45) is 0 Å². The van der Waals surface area contributed by atoms with Crippen LogP contribution in [-0.4, -0.2) is 35.0 Å². The van der Waals surface area contributed by atoms with E-state index in [1.54, 1.807) is 0 Å². The van der Waals surface area contributed by atoms with E-state index in [0.717, 1.165) is 13.0 Å². The third kappa shape index (κ3) is 148. The minimum Gasteiger partial charge on any atom is -0.550 e. The van der Waals surface area contributed by atoms with E-state index < -0.39 is 11.9 Å². The summed E-state index contributed by atoms with van der Waals surface area (Å²) in [7, 11) is 0. The van der Waals surface area contributed by atoms with Gasteiger partial charge in [0, 0.05) is 5.97 Å². The maximum absolute atomic E-state index is 9.14. The van der Waals surface area contributed by atoms with Gasteiger partial charge in [0.1, 0.15) is 0 Å². The molecule has 0 heterocycles. The Morgan fingerprint density at radius 1 is 1.40 bits per heavy atom. The predicted octanol–water partition coefficient (Wildman–Crippen LogP) is -2.70. The number of carbonyl (C=O) groups is 2. The van der Waals surface area contributed by atoms with Crippen molar-refractivity contribution in [3.05, 3.63) is 12.7 Å². The van der Waals surface area contributed by atoms with E-state index in [-0.39, 0.29) is 23.1 Å². The average Bonchev–Trinajstić information content (AvgIpc) is 1.65. The van der Waals surface area contributed by atoms with Crippen LogP contribution in [-0.2, 0) is 9.59 Å². The van der Waals surface area contributed by atoms with Crippen LogP contribution in [0.1, 0.15) is 6.92 Å². The van der Waals surface area contributed by atoms with Gasteiger partial charge in [-0.3, -0.25) is 0 Å². The molecule has 0 aliphatic carbocycles. The fraction of sp³-hybridized carbons (Fsp3) is 0.200. The summed E-state index contributed by atoms with van der Waals surface area (Å²) in [6.07, 6.45) is 0.722. The second kappa shape index (κ2) is 11.3. The zero-order valence-corrected chi connectivity index (χ0v) is 7.04. The molecular formula is C5H6MgO4. The second-order valence-corrected chi connectivity index (χ2v) is 1.01. The second-order valence-electron chi connectivity index (χ2n) is 1.01. The Balaban J connectivity index is -0.0000000910. The molecule has 4 nitrogen and oxygen atoms in total. The predicted molar refractivity (Wildman–Crippen MR) is 31.6 cm³/mol. The first-order valence-electron chi connectivity index (χ1n) is 2.01. The van der Waals surface area contributed by atoms with Gasteiger partial charge in [-0.05, 0) is 13.0 Å². The Bertz CT molecular complexity index is 117. The molecule has 0 aromatic heterocycles. The topological polar surface area (TPSA) is 80.3 Å². The van der Waals surface area contributed by atoms with Crippen LogP contribution in [0.25, 0.3) is 0 Å². The summed E-state index contributed by atoms with van der Waals surface area (Å²) in [6, 6.07) is 0. The van der Waals surface area contributed by atoms with Crippen molar-refractivity contribution in [2.45, 2.75) is 6.92 Å². The van der Waals surface area contributed by atoms with Crippen molar-refractivity contribution < 1.29 is 19.8 Å². The SMILES string of the molecule is C=CC(=O)[O-].CC(=O)[O-].[Mg+2]. The zero-order chi connectivity index (χ0) is 7.86. The Morgan fingerprint density at radius 2 is 1.50 bits per heavy atom. The zero-order valence-electron chi connectivity index (χ0n) is 5.62. The average molecular weight is 154 g/mol. The first kappa shape index (κ1) is 16.2. The number of carbonyl (C=O) groups excluding carboxylic acids is 2. The molecule has 52 valence electrons. The smallest absolute Gasteiger partial charge is 0.550 e. The normalized spacial score (nSPS) is 5.70. The monoisotopic (exact) mass is 154 g/mol. The quantitative estimate of drug-likeness (QED) is 0.304. The molecule has 0 radical (unpaired) electrons. The maximum atomic E-state index is 9.14. The molecule has 0 aliphatic heterocycles. The molecule has 0 N–H and O–H groups in total. The van der Waals surface area contributed by atoms with Gasteiger partial charge in [0.05, 0.1) is 5.97 Å². The van der Waals surface area contributed by atoms with Crippen LogP contribution in [0.15, 0.2) is 12.7 Å². The van der Waals surface area contributed by atoms with E-state index in [9.17, 15) is 0 Å². The largest absolute Gasteiger partial charge is 2.00 e. The van der Waals surface area contributed by atoms with E-state index in [4.69, 9.17) is 19.8 Å². The minimum absolute atomic E-state index is 0. The fourth-order valence-corrected chi connectivity index (χ4v) is 0. The van der Waals surface area contributed by atoms with E-state index in [1.165, 1.54) is 0 Å². The molecule has 0 fully saturated rings. The number of carboxylic acid groups (broad SMARTS) is 2. The summed E-state index contributed by atoms with van der Waals surface area (Å²) in [5.41, 5.74) is 0. The molecule has 0 unspecified atom stereocenters. The Hall–Kier alpha value is -0.554. The van der Waals surface area contributed by atoms with Gasteiger partial charge in [0.2, 0.25) is 0 Å². The van der Waals surface area contributed by atoms with Crippen LogP contribution in [0.4, 0.5) is 0 Å². The molecule has 0 aromatic rings.